The number of hydrogen-bond acceptors (Lipinski definition) is 5. The minimum absolute atomic E-state index is 0.534. The Hall–Kier alpha value is 0.451. The van der Waals surface area contributed by atoms with Crippen molar-refractivity contribution in [2.45, 2.75) is 91.4 Å². The lowest BCUT2D eigenvalue weighted by Gasteiger charge is -2.42. The highest BCUT2D eigenvalue weighted by Crippen LogP contribution is 2.31. The van der Waals surface area contributed by atoms with Crippen molar-refractivity contribution in [3.8, 4) is 0 Å². The van der Waals surface area contributed by atoms with E-state index in [4.69, 9.17) is 18.7 Å². The van der Waals surface area contributed by atoms with Crippen LogP contribution in [0.3, 0.4) is 0 Å². The zero-order valence-corrected chi connectivity index (χ0v) is 24.0. The van der Waals surface area contributed by atoms with Crippen LogP contribution in [-0.2, 0) is 13.0 Å². The second kappa shape index (κ2) is 14.5. The minimum atomic E-state index is -2.25. The second-order valence-corrected chi connectivity index (χ2v) is 22.4. The molecule has 0 aromatic heterocycles. The van der Waals surface area contributed by atoms with E-state index < -0.39 is 25.2 Å². The molecule has 3 unspecified atom stereocenters. The molecule has 0 spiro atoms. The molecule has 5 nitrogen and oxygen atoms in total. The molecule has 8 heteroatoms. The molecule has 3 atom stereocenters. The third-order valence-corrected chi connectivity index (χ3v) is 17.8. The predicted molar refractivity (Wildman–Crippen MR) is 135 cm³/mol. The molecule has 0 fully saturated rings. The van der Waals surface area contributed by atoms with Crippen LogP contribution in [0, 0.1) is 11.8 Å². The van der Waals surface area contributed by atoms with Crippen molar-refractivity contribution in [1.82, 2.24) is 5.32 Å². The maximum absolute atomic E-state index is 7.02. The van der Waals surface area contributed by atoms with Crippen LogP contribution in [0.1, 0.15) is 40.5 Å². The van der Waals surface area contributed by atoms with Crippen molar-refractivity contribution >= 4 is 25.2 Å². The standard InChI is InChI=1S/C21H52N2O3Si3/c1-10-20(3)18-27(5,6)25-29(9,16-12-14-23-15-13-22)26-28(7,8)19-21(4)17-24-11-2/h20-21,23H,10-19,22H2,1-9H3. The first-order valence-electron chi connectivity index (χ1n) is 11.8. The van der Waals surface area contributed by atoms with Crippen LogP contribution in [0.5, 0.6) is 0 Å². The van der Waals surface area contributed by atoms with Gasteiger partial charge in [-0.1, -0.05) is 27.2 Å². The summed E-state index contributed by atoms with van der Waals surface area (Å²) in [5.74, 6) is 1.25. The van der Waals surface area contributed by atoms with Crippen molar-refractivity contribution in [3.63, 3.8) is 0 Å². The monoisotopic (exact) mass is 464 g/mol. The smallest absolute Gasteiger partial charge is 0.314 e. The van der Waals surface area contributed by atoms with Crippen LogP contribution in [-0.4, -0.2) is 58.0 Å². The molecule has 0 amide bonds. The molecule has 0 aliphatic rings. The molecule has 3 N–H and O–H groups in total. The largest absolute Gasteiger partial charge is 0.436 e. The zero-order valence-electron chi connectivity index (χ0n) is 21.0. The van der Waals surface area contributed by atoms with Crippen molar-refractivity contribution in [2.75, 3.05) is 32.8 Å². The van der Waals surface area contributed by atoms with Crippen molar-refractivity contribution < 1.29 is 13.0 Å². The van der Waals surface area contributed by atoms with Gasteiger partial charge < -0.3 is 24.0 Å². The quantitative estimate of drug-likeness (QED) is 0.217. The normalized spacial score (nSPS) is 17.2. The van der Waals surface area contributed by atoms with Gasteiger partial charge in [-0.25, -0.2) is 0 Å². The number of rotatable bonds is 18. The average molecular weight is 465 g/mol. The fraction of sp³-hybridized carbons (Fsp3) is 1.00. The van der Waals surface area contributed by atoms with Crippen LogP contribution in [0.15, 0.2) is 0 Å². The van der Waals surface area contributed by atoms with E-state index in [1.807, 2.05) is 0 Å². The van der Waals surface area contributed by atoms with Crippen LogP contribution < -0.4 is 11.1 Å². The summed E-state index contributed by atoms with van der Waals surface area (Å²) in [6, 6.07) is 3.39. The maximum atomic E-state index is 7.02. The van der Waals surface area contributed by atoms with Gasteiger partial charge in [0, 0.05) is 26.3 Å². The Morgan fingerprint density at radius 1 is 0.862 bits per heavy atom. The van der Waals surface area contributed by atoms with Crippen LogP contribution >= 0.6 is 0 Å². The van der Waals surface area contributed by atoms with Gasteiger partial charge in [0.25, 0.3) is 0 Å². The molecular formula is C21H52N2O3Si3. The van der Waals surface area contributed by atoms with Gasteiger partial charge in [-0.05, 0) is 82.6 Å². The van der Waals surface area contributed by atoms with Gasteiger partial charge in [0.2, 0.25) is 0 Å². The second-order valence-electron chi connectivity index (χ2n) is 10.2. The Bertz CT molecular complexity index is 428. The Labute approximate surface area is 185 Å². The highest BCUT2D eigenvalue weighted by atomic mass is 28.5. The van der Waals surface area contributed by atoms with Crippen molar-refractivity contribution in [3.05, 3.63) is 0 Å². The predicted octanol–water partition coefficient (Wildman–Crippen LogP) is 5.16. The first-order chi connectivity index (χ1) is 13.4. The van der Waals surface area contributed by atoms with Crippen molar-refractivity contribution in [1.29, 1.82) is 0 Å². The van der Waals surface area contributed by atoms with E-state index in [1.54, 1.807) is 0 Å². The highest BCUT2D eigenvalue weighted by Gasteiger charge is 2.43. The van der Waals surface area contributed by atoms with E-state index in [1.165, 1.54) is 12.5 Å². The Morgan fingerprint density at radius 2 is 1.41 bits per heavy atom. The van der Waals surface area contributed by atoms with Gasteiger partial charge in [0.05, 0.1) is 0 Å². The average Bonchev–Trinajstić information content (AvgIpc) is 2.57. The Morgan fingerprint density at radius 3 is 1.90 bits per heavy atom. The SMILES string of the molecule is CCOCC(C)C[Si](C)(C)O[Si](C)(CCCNCCN)O[Si](C)(C)CC(C)CC. The summed E-state index contributed by atoms with van der Waals surface area (Å²) < 4.78 is 19.7. The van der Waals surface area contributed by atoms with Gasteiger partial charge >= 0.3 is 8.56 Å². The summed E-state index contributed by atoms with van der Waals surface area (Å²) in [6.45, 7) is 24.9. The lowest BCUT2D eigenvalue weighted by atomic mass is 10.2. The van der Waals surface area contributed by atoms with E-state index in [2.05, 4.69) is 65.7 Å². The lowest BCUT2D eigenvalue weighted by Crippen LogP contribution is -2.55. The lowest BCUT2D eigenvalue weighted by molar-refractivity contribution is 0.120. The summed E-state index contributed by atoms with van der Waals surface area (Å²) in [5.41, 5.74) is 5.60. The molecular weight excluding hydrogens is 413 g/mol. The summed E-state index contributed by atoms with van der Waals surface area (Å²) in [4.78, 5) is 0. The third-order valence-electron chi connectivity index (χ3n) is 5.27. The van der Waals surface area contributed by atoms with Crippen LogP contribution in [0.4, 0.5) is 0 Å². The van der Waals surface area contributed by atoms with E-state index in [0.717, 1.165) is 50.7 Å². The third kappa shape index (κ3) is 15.0. The van der Waals surface area contributed by atoms with Gasteiger partial charge in [-0.15, -0.1) is 0 Å². The van der Waals surface area contributed by atoms with Crippen LogP contribution in [0.25, 0.3) is 0 Å². The molecule has 0 heterocycles. The minimum Gasteiger partial charge on any atom is -0.436 e. The molecule has 0 aliphatic carbocycles. The van der Waals surface area contributed by atoms with Gasteiger partial charge in [-0.3, -0.25) is 0 Å². The Kier molecular flexibility index (Phi) is 14.7. The highest BCUT2D eigenvalue weighted by molar-refractivity contribution is 6.88. The summed E-state index contributed by atoms with van der Waals surface area (Å²) in [7, 11) is -5.85. The molecule has 0 aromatic rings. The number of nitrogens with one attached hydrogen (secondary N) is 1. The van der Waals surface area contributed by atoms with E-state index in [-0.39, 0.29) is 0 Å². The molecule has 0 saturated carbocycles. The number of ether oxygens (including phenoxy) is 1. The molecule has 29 heavy (non-hydrogen) atoms. The van der Waals surface area contributed by atoms with Gasteiger partial charge in [0.15, 0.2) is 16.6 Å². The molecule has 0 radical (unpaired) electrons. The topological polar surface area (TPSA) is 65.7 Å². The number of hydrogen-bond donors (Lipinski definition) is 2. The van der Waals surface area contributed by atoms with Crippen LogP contribution in [0.2, 0.25) is 50.9 Å². The first-order valence-corrected chi connectivity index (χ1v) is 20.5. The van der Waals surface area contributed by atoms with E-state index >= 15 is 0 Å². The molecule has 0 bridgehead atoms. The first kappa shape index (κ1) is 29.5. The molecule has 0 saturated heterocycles. The molecule has 176 valence electrons. The summed E-state index contributed by atoms with van der Waals surface area (Å²) in [6.07, 6.45) is 2.31. The molecule has 0 rings (SSSR count). The maximum Gasteiger partial charge on any atom is 0.314 e. The van der Waals surface area contributed by atoms with Crippen molar-refractivity contribution in [2.24, 2.45) is 17.6 Å². The fourth-order valence-electron chi connectivity index (χ4n) is 4.34. The summed E-state index contributed by atoms with van der Waals surface area (Å²) in [5, 5.41) is 3.42. The van der Waals surface area contributed by atoms with Gasteiger partial charge in [0.1, 0.15) is 0 Å². The van der Waals surface area contributed by atoms with E-state index in [0.29, 0.717) is 12.5 Å². The number of nitrogens with two attached hydrogens (primary N) is 1. The Balaban J connectivity index is 5.13. The fourth-order valence-corrected chi connectivity index (χ4v) is 20.3. The molecule has 0 aromatic carbocycles. The zero-order chi connectivity index (χ0) is 22.6. The molecule has 0 aliphatic heterocycles. The summed E-state index contributed by atoms with van der Waals surface area (Å²) >= 11 is 0. The van der Waals surface area contributed by atoms with E-state index in [9.17, 15) is 0 Å². The van der Waals surface area contributed by atoms with Gasteiger partial charge in [-0.2, -0.15) is 0 Å².